The Hall–Kier alpha value is -4.05. The summed E-state index contributed by atoms with van der Waals surface area (Å²) in [6, 6.07) is 21.4. The summed E-state index contributed by atoms with van der Waals surface area (Å²) in [4.78, 5) is 30.1. The number of carbonyl (C=O) groups is 2. The highest BCUT2D eigenvalue weighted by Crippen LogP contribution is 2.36. The second-order valence-electron chi connectivity index (χ2n) is 11.5. The molecule has 0 spiro atoms. The van der Waals surface area contributed by atoms with E-state index in [0.717, 1.165) is 53.1 Å². The van der Waals surface area contributed by atoms with Crippen molar-refractivity contribution in [1.82, 2.24) is 10.2 Å². The van der Waals surface area contributed by atoms with Gasteiger partial charge in [0, 0.05) is 25.1 Å². The maximum Gasteiger partial charge on any atom is 0.244 e. The Balaban J connectivity index is 1.51. The minimum Gasteiger partial charge on any atom is -0.454 e. The normalized spacial score (nSPS) is 15.4. The van der Waals surface area contributed by atoms with Gasteiger partial charge in [-0.15, -0.1) is 0 Å². The van der Waals surface area contributed by atoms with Gasteiger partial charge in [-0.25, -0.2) is 8.42 Å². The maximum atomic E-state index is 14.4. The summed E-state index contributed by atoms with van der Waals surface area (Å²) >= 11 is 0. The van der Waals surface area contributed by atoms with Gasteiger partial charge < -0.3 is 19.7 Å². The van der Waals surface area contributed by atoms with E-state index >= 15 is 0 Å². The third-order valence-corrected chi connectivity index (χ3v) is 10.0. The Labute approximate surface area is 260 Å². The lowest BCUT2D eigenvalue weighted by Crippen LogP contribution is -2.55. The number of benzene rings is 3. The van der Waals surface area contributed by atoms with E-state index in [4.69, 9.17) is 9.47 Å². The van der Waals surface area contributed by atoms with Crippen molar-refractivity contribution in [3.63, 3.8) is 0 Å². The number of ether oxygens (including phenoxy) is 2. The smallest absolute Gasteiger partial charge is 0.244 e. The molecule has 1 atom stereocenters. The van der Waals surface area contributed by atoms with Crippen LogP contribution in [-0.2, 0) is 32.6 Å². The first-order valence-electron chi connectivity index (χ1n) is 15.3. The molecule has 9 nitrogen and oxygen atoms in total. The molecule has 0 unspecified atom stereocenters. The molecule has 2 aliphatic rings. The van der Waals surface area contributed by atoms with Crippen LogP contribution in [0.15, 0.2) is 72.8 Å². The van der Waals surface area contributed by atoms with Crippen LogP contribution < -0.4 is 19.1 Å². The van der Waals surface area contributed by atoms with Gasteiger partial charge in [-0.2, -0.15) is 0 Å². The van der Waals surface area contributed by atoms with Crippen molar-refractivity contribution in [1.29, 1.82) is 0 Å². The van der Waals surface area contributed by atoms with Crippen molar-refractivity contribution in [3.05, 3.63) is 89.5 Å². The average Bonchev–Trinajstić information content (AvgIpc) is 3.50. The Morgan fingerprint density at radius 3 is 2.36 bits per heavy atom. The number of hydrogen-bond acceptors (Lipinski definition) is 6. The molecular weight excluding hydrogens is 578 g/mol. The summed E-state index contributed by atoms with van der Waals surface area (Å²) in [5, 5.41) is 3.23. The lowest BCUT2D eigenvalue weighted by atomic mass is 9.94. The standard InChI is InChI=1S/C34H41N3O6S/c1-3-44(40,41)37(29-17-18-31-32(21-29)43-24-42-31)23-33(38)36(22-27-14-10-11-25(2)19-27)30(20-26-12-6-4-7-13-26)34(39)35-28-15-8-5-9-16-28/h4,6-7,10-14,17-19,21,28,30H,3,5,8-9,15-16,20,22-24H2,1-2H3,(H,35,39)/t30-/m1/s1. The number of fused-ring (bicyclic) bond motifs is 1. The Kier molecular flexibility index (Phi) is 10.1. The topological polar surface area (TPSA) is 105 Å². The summed E-state index contributed by atoms with van der Waals surface area (Å²) in [6.45, 7) is 3.24. The zero-order chi connectivity index (χ0) is 31.1. The Bertz CT molecular complexity index is 1560. The van der Waals surface area contributed by atoms with Crippen molar-refractivity contribution in [2.75, 3.05) is 23.4 Å². The van der Waals surface area contributed by atoms with E-state index in [2.05, 4.69) is 5.32 Å². The van der Waals surface area contributed by atoms with Gasteiger partial charge in [-0.3, -0.25) is 13.9 Å². The number of nitrogens with zero attached hydrogens (tertiary/aromatic N) is 2. The predicted molar refractivity (Wildman–Crippen MR) is 170 cm³/mol. The van der Waals surface area contributed by atoms with Gasteiger partial charge >= 0.3 is 0 Å². The zero-order valence-electron chi connectivity index (χ0n) is 25.4. The molecule has 44 heavy (non-hydrogen) atoms. The number of carbonyl (C=O) groups excluding carboxylic acids is 2. The van der Waals surface area contributed by atoms with Crippen LogP contribution in [0.3, 0.4) is 0 Å². The lowest BCUT2D eigenvalue weighted by molar-refractivity contribution is -0.140. The van der Waals surface area contributed by atoms with Crippen LogP contribution in [0, 0.1) is 6.92 Å². The van der Waals surface area contributed by atoms with Gasteiger partial charge in [0.15, 0.2) is 11.5 Å². The molecule has 0 saturated heterocycles. The average molecular weight is 620 g/mol. The van der Waals surface area contributed by atoms with Gasteiger partial charge in [0.1, 0.15) is 12.6 Å². The SMILES string of the molecule is CCS(=O)(=O)N(CC(=O)N(Cc1cccc(C)c1)[C@H](Cc1ccccc1)C(=O)NC1CCCCC1)c1ccc2c(c1)OCO2. The van der Waals surface area contributed by atoms with Crippen LogP contribution in [0.4, 0.5) is 5.69 Å². The van der Waals surface area contributed by atoms with Gasteiger partial charge in [0.2, 0.25) is 28.6 Å². The first-order valence-corrected chi connectivity index (χ1v) is 16.9. The molecule has 10 heteroatoms. The molecule has 3 aromatic rings. The number of rotatable bonds is 12. The van der Waals surface area contributed by atoms with Gasteiger partial charge in [-0.05, 0) is 49.9 Å². The number of hydrogen-bond donors (Lipinski definition) is 1. The van der Waals surface area contributed by atoms with E-state index in [0.29, 0.717) is 23.6 Å². The number of aryl methyl sites for hydroxylation is 1. The Morgan fingerprint density at radius 2 is 1.64 bits per heavy atom. The highest BCUT2D eigenvalue weighted by atomic mass is 32.2. The van der Waals surface area contributed by atoms with E-state index in [9.17, 15) is 18.0 Å². The quantitative estimate of drug-likeness (QED) is 0.307. The summed E-state index contributed by atoms with van der Waals surface area (Å²) in [5.74, 6) is 0.0204. The highest BCUT2D eigenvalue weighted by molar-refractivity contribution is 7.92. The molecular formula is C34H41N3O6S. The molecule has 1 aliphatic heterocycles. The zero-order valence-corrected chi connectivity index (χ0v) is 26.2. The highest BCUT2D eigenvalue weighted by Gasteiger charge is 2.35. The minimum atomic E-state index is -3.88. The number of amides is 2. The van der Waals surface area contributed by atoms with Crippen molar-refractivity contribution in [2.45, 2.75) is 71.0 Å². The van der Waals surface area contributed by atoms with E-state index in [-0.39, 0.29) is 31.0 Å². The maximum absolute atomic E-state index is 14.4. The lowest BCUT2D eigenvalue weighted by Gasteiger charge is -2.35. The van der Waals surface area contributed by atoms with Crippen LogP contribution in [0.5, 0.6) is 11.5 Å². The monoisotopic (exact) mass is 619 g/mol. The molecule has 1 fully saturated rings. The summed E-state index contributed by atoms with van der Waals surface area (Å²) in [7, 11) is -3.88. The number of sulfonamides is 1. The molecule has 234 valence electrons. The second kappa shape index (κ2) is 14.2. The van der Waals surface area contributed by atoms with E-state index in [1.165, 1.54) is 0 Å². The second-order valence-corrected chi connectivity index (χ2v) is 13.7. The molecule has 3 aromatic carbocycles. The fourth-order valence-corrected chi connectivity index (χ4v) is 6.92. The molecule has 1 saturated carbocycles. The van der Waals surface area contributed by atoms with E-state index < -0.39 is 28.5 Å². The molecule has 0 radical (unpaired) electrons. The third-order valence-electron chi connectivity index (χ3n) is 8.28. The number of nitrogens with one attached hydrogen (secondary N) is 1. The summed E-state index contributed by atoms with van der Waals surface area (Å²) in [5.41, 5.74) is 3.09. The fraction of sp³-hybridized carbons (Fsp3) is 0.412. The molecule has 0 bridgehead atoms. The largest absolute Gasteiger partial charge is 0.454 e. The molecule has 2 amide bonds. The van der Waals surface area contributed by atoms with E-state index in [1.807, 2.05) is 61.5 Å². The van der Waals surface area contributed by atoms with Crippen LogP contribution in [0.25, 0.3) is 0 Å². The first-order chi connectivity index (χ1) is 21.2. The first kappa shape index (κ1) is 31.4. The molecule has 1 heterocycles. The predicted octanol–water partition coefficient (Wildman–Crippen LogP) is 4.97. The minimum absolute atomic E-state index is 0.0415. The van der Waals surface area contributed by atoms with Crippen molar-refractivity contribution < 1.29 is 27.5 Å². The van der Waals surface area contributed by atoms with E-state index in [1.54, 1.807) is 30.0 Å². The fourth-order valence-electron chi connectivity index (χ4n) is 5.87. The van der Waals surface area contributed by atoms with Crippen molar-refractivity contribution in [3.8, 4) is 11.5 Å². The molecule has 1 N–H and O–H groups in total. The van der Waals surface area contributed by atoms with Gasteiger partial charge in [-0.1, -0.05) is 79.4 Å². The number of anilines is 1. The Morgan fingerprint density at radius 1 is 0.909 bits per heavy atom. The molecule has 1 aliphatic carbocycles. The van der Waals surface area contributed by atoms with Gasteiger partial charge in [0.05, 0.1) is 11.4 Å². The van der Waals surface area contributed by atoms with Crippen molar-refractivity contribution >= 4 is 27.5 Å². The van der Waals surface area contributed by atoms with Crippen LogP contribution >= 0.6 is 0 Å². The molecule has 0 aromatic heterocycles. The summed E-state index contributed by atoms with van der Waals surface area (Å²) in [6.07, 6.45) is 5.37. The van der Waals surface area contributed by atoms with Crippen LogP contribution in [-0.4, -0.2) is 56.3 Å². The summed E-state index contributed by atoms with van der Waals surface area (Å²) < 4.78 is 38.9. The molecule has 5 rings (SSSR count). The van der Waals surface area contributed by atoms with Crippen LogP contribution in [0.2, 0.25) is 0 Å². The van der Waals surface area contributed by atoms with Crippen molar-refractivity contribution in [2.24, 2.45) is 0 Å². The van der Waals surface area contributed by atoms with Gasteiger partial charge in [0.25, 0.3) is 0 Å². The van der Waals surface area contributed by atoms with Crippen LogP contribution in [0.1, 0.15) is 55.7 Å². The third kappa shape index (κ3) is 7.72.